The monoisotopic (exact) mass is 312 g/mol. The highest BCUT2D eigenvalue weighted by Gasteiger charge is 2.20. The van der Waals surface area contributed by atoms with Crippen LogP contribution in [0.2, 0.25) is 5.02 Å². The van der Waals surface area contributed by atoms with Crippen molar-refractivity contribution in [2.75, 3.05) is 18.8 Å². The molecule has 0 bridgehead atoms. The Hall–Kier alpha value is -0.710. The summed E-state index contributed by atoms with van der Waals surface area (Å²) in [6.07, 6.45) is 1.09. The van der Waals surface area contributed by atoms with Gasteiger partial charge >= 0.3 is 0 Å². The van der Waals surface area contributed by atoms with Gasteiger partial charge in [0, 0.05) is 35.0 Å². The molecule has 2 rings (SSSR count). The molecular formula is C15H21ClN2OS. The summed E-state index contributed by atoms with van der Waals surface area (Å²) in [6.45, 7) is 5.25. The van der Waals surface area contributed by atoms with E-state index in [2.05, 4.69) is 16.7 Å². The molecule has 0 spiro atoms. The molecule has 0 radical (unpaired) electrons. The first-order chi connectivity index (χ1) is 9.58. The first-order valence-corrected chi connectivity index (χ1v) is 8.37. The Bertz CT molecular complexity index is 479. The number of fused-ring (bicyclic) bond motifs is 1. The molecule has 0 saturated heterocycles. The Labute approximate surface area is 129 Å². The number of thioether (sulfide) groups is 1. The number of carbonyl (C=O) groups is 1. The van der Waals surface area contributed by atoms with Crippen LogP contribution in [0.3, 0.4) is 0 Å². The van der Waals surface area contributed by atoms with Crippen LogP contribution in [-0.4, -0.2) is 24.7 Å². The molecule has 1 aliphatic rings. The highest BCUT2D eigenvalue weighted by Crippen LogP contribution is 2.37. The van der Waals surface area contributed by atoms with Crippen LogP contribution in [0, 0.1) is 5.92 Å². The minimum Gasteiger partial charge on any atom is -0.355 e. The molecule has 110 valence electrons. The number of carbonyl (C=O) groups excluding carboxylic acids is 1. The van der Waals surface area contributed by atoms with Gasteiger partial charge in [0.15, 0.2) is 0 Å². The van der Waals surface area contributed by atoms with Crippen molar-refractivity contribution in [3.05, 3.63) is 28.8 Å². The van der Waals surface area contributed by atoms with Crippen LogP contribution in [0.25, 0.3) is 0 Å². The van der Waals surface area contributed by atoms with Crippen molar-refractivity contribution >= 4 is 29.3 Å². The van der Waals surface area contributed by atoms with Crippen LogP contribution in [0.1, 0.15) is 31.9 Å². The lowest BCUT2D eigenvalue weighted by Crippen LogP contribution is -2.36. The van der Waals surface area contributed by atoms with E-state index >= 15 is 0 Å². The second-order valence-electron chi connectivity index (χ2n) is 5.27. The standard InChI is InChI=1S/C15H21ClN2OS/c1-10(2)15(19)18-7-6-17-13-5-8-20-14-4-3-11(16)9-12(13)14/h3-4,9-10,13,17H,5-8H2,1-2H3,(H,18,19). The van der Waals surface area contributed by atoms with E-state index in [1.165, 1.54) is 10.5 Å². The minimum atomic E-state index is 0.0422. The predicted octanol–water partition coefficient (Wildman–Crippen LogP) is 3.24. The number of amides is 1. The SMILES string of the molecule is CC(C)C(=O)NCCNC1CCSc2ccc(Cl)cc21. The van der Waals surface area contributed by atoms with Gasteiger partial charge in [0.05, 0.1) is 0 Å². The van der Waals surface area contributed by atoms with Crippen molar-refractivity contribution in [1.29, 1.82) is 0 Å². The summed E-state index contributed by atoms with van der Waals surface area (Å²) in [6, 6.07) is 6.42. The first-order valence-electron chi connectivity index (χ1n) is 7.01. The second kappa shape index (κ2) is 7.34. The van der Waals surface area contributed by atoms with Gasteiger partial charge in [0.25, 0.3) is 0 Å². The molecule has 1 unspecified atom stereocenters. The number of halogens is 1. The van der Waals surface area contributed by atoms with E-state index < -0.39 is 0 Å². The zero-order valence-electron chi connectivity index (χ0n) is 11.9. The maximum atomic E-state index is 11.5. The van der Waals surface area contributed by atoms with Crippen LogP contribution in [-0.2, 0) is 4.79 Å². The molecule has 1 aromatic rings. The van der Waals surface area contributed by atoms with Crippen molar-refractivity contribution in [2.45, 2.75) is 31.2 Å². The molecule has 0 aliphatic carbocycles. The number of hydrogen-bond donors (Lipinski definition) is 2. The van der Waals surface area contributed by atoms with Crippen LogP contribution >= 0.6 is 23.4 Å². The average Bonchev–Trinajstić information content (AvgIpc) is 2.43. The van der Waals surface area contributed by atoms with E-state index in [-0.39, 0.29) is 11.8 Å². The molecule has 2 N–H and O–H groups in total. The Morgan fingerprint density at radius 1 is 1.45 bits per heavy atom. The number of benzene rings is 1. The summed E-state index contributed by atoms with van der Waals surface area (Å²) in [5.74, 6) is 1.26. The number of hydrogen-bond acceptors (Lipinski definition) is 3. The fourth-order valence-electron chi connectivity index (χ4n) is 2.21. The Morgan fingerprint density at radius 2 is 2.25 bits per heavy atom. The molecular weight excluding hydrogens is 292 g/mol. The lowest BCUT2D eigenvalue weighted by molar-refractivity contribution is -0.123. The molecule has 0 saturated carbocycles. The van der Waals surface area contributed by atoms with E-state index in [1.807, 2.05) is 37.7 Å². The summed E-state index contributed by atoms with van der Waals surface area (Å²) < 4.78 is 0. The topological polar surface area (TPSA) is 41.1 Å². The Balaban J connectivity index is 1.86. The fourth-order valence-corrected chi connectivity index (χ4v) is 3.50. The summed E-state index contributed by atoms with van der Waals surface area (Å²) in [7, 11) is 0. The molecule has 1 amide bonds. The normalized spacial score (nSPS) is 17.9. The predicted molar refractivity (Wildman–Crippen MR) is 85.4 cm³/mol. The van der Waals surface area contributed by atoms with Crippen molar-refractivity contribution in [2.24, 2.45) is 5.92 Å². The third kappa shape index (κ3) is 4.14. The molecule has 1 atom stereocenters. The van der Waals surface area contributed by atoms with E-state index in [0.29, 0.717) is 12.6 Å². The average molecular weight is 313 g/mol. The first kappa shape index (κ1) is 15.7. The lowest BCUT2D eigenvalue weighted by Gasteiger charge is -2.26. The molecule has 1 aliphatic heterocycles. The van der Waals surface area contributed by atoms with Gasteiger partial charge in [-0.15, -0.1) is 11.8 Å². The Kier molecular flexibility index (Phi) is 5.75. The lowest BCUT2D eigenvalue weighted by atomic mass is 10.0. The van der Waals surface area contributed by atoms with Crippen molar-refractivity contribution in [3.8, 4) is 0 Å². The van der Waals surface area contributed by atoms with E-state index in [1.54, 1.807) is 0 Å². The molecule has 0 aromatic heterocycles. The van der Waals surface area contributed by atoms with E-state index in [4.69, 9.17) is 11.6 Å². The quantitative estimate of drug-likeness (QED) is 0.820. The fraction of sp³-hybridized carbons (Fsp3) is 0.533. The molecule has 20 heavy (non-hydrogen) atoms. The molecule has 1 aromatic carbocycles. The summed E-state index contributed by atoms with van der Waals surface area (Å²) in [4.78, 5) is 12.8. The van der Waals surface area contributed by atoms with Crippen LogP contribution in [0.4, 0.5) is 0 Å². The van der Waals surface area contributed by atoms with Gasteiger partial charge in [-0.25, -0.2) is 0 Å². The van der Waals surface area contributed by atoms with Gasteiger partial charge in [0.1, 0.15) is 0 Å². The van der Waals surface area contributed by atoms with Crippen LogP contribution in [0.5, 0.6) is 0 Å². The van der Waals surface area contributed by atoms with Gasteiger partial charge in [0.2, 0.25) is 5.91 Å². The summed E-state index contributed by atoms with van der Waals surface area (Å²) >= 11 is 7.97. The summed E-state index contributed by atoms with van der Waals surface area (Å²) in [5, 5.41) is 7.22. The summed E-state index contributed by atoms with van der Waals surface area (Å²) in [5.41, 5.74) is 1.28. The minimum absolute atomic E-state index is 0.0422. The third-order valence-corrected chi connectivity index (χ3v) is 4.71. The maximum absolute atomic E-state index is 11.5. The highest BCUT2D eigenvalue weighted by atomic mass is 35.5. The zero-order chi connectivity index (χ0) is 14.5. The van der Waals surface area contributed by atoms with Crippen molar-refractivity contribution in [3.63, 3.8) is 0 Å². The smallest absolute Gasteiger partial charge is 0.222 e. The third-order valence-electron chi connectivity index (χ3n) is 3.35. The van der Waals surface area contributed by atoms with E-state index in [0.717, 1.165) is 23.7 Å². The highest BCUT2D eigenvalue weighted by molar-refractivity contribution is 7.99. The van der Waals surface area contributed by atoms with Crippen molar-refractivity contribution in [1.82, 2.24) is 10.6 Å². The largest absolute Gasteiger partial charge is 0.355 e. The van der Waals surface area contributed by atoms with Gasteiger partial charge in [-0.3, -0.25) is 4.79 Å². The van der Waals surface area contributed by atoms with Gasteiger partial charge < -0.3 is 10.6 Å². The number of rotatable bonds is 5. The molecule has 1 heterocycles. The number of nitrogens with one attached hydrogen (secondary N) is 2. The molecule has 5 heteroatoms. The van der Waals surface area contributed by atoms with Gasteiger partial charge in [-0.2, -0.15) is 0 Å². The maximum Gasteiger partial charge on any atom is 0.222 e. The molecule has 3 nitrogen and oxygen atoms in total. The Morgan fingerprint density at radius 3 is 3.00 bits per heavy atom. The van der Waals surface area contributed by atoms with E-state index in [9.17, 15) is 4.79 Å². The van der Waals surface area contributed by atoms with Gasteiger partial charge in [-0.05, 0) is 35.9 Å². The molecule has 0 fully saturated rings. The van der Waals surface area contributed by atoms with Crippen LogP contribution < -0.4 is 10.6 Å². The zero-order valence-corrected chi connectivity index (χ0v) is 13.5. The van der Waals surface area contributed by atoms with Crippen LogP contribution in [0.15, 0.2) is 23.1 Å². The second-order valence-corrected chi connectivity index (χ2v) is 6.84. The van der Waals surface area contributed by atoms with Gasteiger partial charge in [-0.1, -0.05) is 25.4 Å². The van der Waals surface area contributed by atoms with Crippen molar-refractivity contribution < 1.29 is 4.79 Å².